The molecule has 4 heteroatoms. The second-order valence-corrected chi connectivity index (χ2v) is 3.25. The van der Waals surface area contributed by atoms with E-state index >= 15 is 0 Å². The fourth-order valence-corrected chi connectivity index (χ4v) is 1.22. The largest absolute Gasteiger partial charge is 0.504 e. The summed E-state index contributed by atoms with van der Waals surface area (Å²) in [6.45, 7) is 0.296. The summed E-state index contributed by atoms with van der Waals surface area (Å²) in [7, 11) is 5.37. The van der Waals surface area contributed by atoms with E-state index in [-0.39, 0.29) is 5.75 Å². The molecule has 0 aliphatic rings. The van der Waals surface area contributed by atoms with E-state index in [1.165, 1.54) is 7.11 Å². The van der Waals surface area contributed by atoms with Crippen molar-refractivity contribution in [2.75, 3.05) is 26.1 Å². The van der Waals surface area contributed by atoms with E-state index in [9.17, 15) is 5.11 Å². The zero-order chi connectivity index (χ0) is 10.7. The minimum Gasteiger partial charge on any atom is -0.504 e. The molecule has 0 radical (unpaired) electrons. The maximum absolute atomic E-state index is 9.67. The van der Waals surface area contributed by atoms with Crippen LogP contribution in [0, 0.1) is 0 Å². The summed E-state index contributed by atoms with van der Waals surface area (Å²) in [5.41, 5.74) is 7.16. The first-order chi connectivity index (χ1) is 6.60. The molecule has 0 saturated carbocycles. The number of aromatic hydroxyl groups is 1. The van der Waals surface area contributed by atoms with Crippen molar-refractivity contribution in [3.63, 3.8) is 0 Å². The molecule has 1 aromatic rings. The number of methoxy groups -OCH3 is 1. The Hall–Kier alpha value is -1.42. The number of rotatable bonds is 3. The average Bonchev–Trinajstić information content (AvgIpc) is 2.17. The van der Waals surface area contributed by atoms with Gasteiger partial charge in [0.15, 0.2) is 11.5 Å². The van der Waals surface area contributed by atoms with Crippen molar-refractivity contribution in [2.45, 2.75) is 6.54 Å². The monoisotopic (exact) mass is 196 g/mol. The van der Waals surface area contributed by atoms with Gasteiger partial charge in [-0.2, -0.15) is 0 Å². The van der Waals surface area contributed by atoms with Crippen LogP contribution in [0.1, 0.15) is 5.56 Å². The summed E-state index contributed by atoms with van der Waals surface area (Å²) in [4.78, 5) is 1.93. The first-order valence-electron chi connectivity index (χ1n) is 4.37. The van der Waals surface area contributed by atoms with Gasteiger partial charge in [0.2, 0.25) is 0 Å². The fourth-order valence-electron chi connectivity index (χ4n) is 1.22. The van der Waals surface area contributed by atoms with Crippen molar-refractivity contribution < 1.29 is 9.84 Å². The van der Waals surface area contributed by atoms with E-state index < -0.39 is 0 Å². The van der Waals surface area contributed by atoms with Crippen LogP contribution in [-0.4, -0.2) is 26.3 Å². The van der Waals surface area contributed by atoms with Crippen LogP contribution in [0.25, 0.3) is 0 Å². The van der Waals surface area contributed by atoms with Crippen LogP contribution in [-0.2, 0) is 6.54 Å². The molecule has 0 amide bonds. The molecular formula is C10H16N2O2. The molecule has 0 bridgehead atoms. The van der Waals surface area contributed by atoms with E-state index in [0.717, 1.165) is 5.69 Å². The molecule has 4 nitrogen and oxygen atoms in total. The molecular weight excluding hydrogens is 180 g/mol. The molecule has 0 saturated heterocycles. The van der Waals surface area contributed by atoms with Crippen molar-refractivity contribution in [1.29, 1.82) is 0 Å². The Bertz CT molecular complexity index is 299. The Morgan fingerprint density at radius 3 is 2.50 bits per heavy atom. The summed E-state index contributed by atoms with van der Waals surface area (Å²) < 4.78 is 5.05. The van der Waals surface area contributed by atoms with Gasteiger partial charge in [0.1, 0.15) is 0 Å². The molecule has 1 rings (SSSR count). The minimum absolute atomic E-state index is 0.126. The lowest BCUT2D eigenvalue weighted by Gasteiger charge is -2.16. The third-order valence-electron chi connectivity index (χ3n) is 2.09. The fraction of sp³-hybridized carbons (Fsp3) is 0.400. The van der Waals surface area contributed by atoms with Gasteiger partial charge in [-0.15, -0.1) is 0 Å². The molecule has 0 unspecified atom stereocenters. The standard InChI is InChI=1S/C10H16N2O2/c1-12(2)8-4-7(6-11)10(13)9(5-8)14-3/h4-5,13H,6,11H2,1-3H3. The van der Waals surface area contributed by atoms with Crippen LogP contribution in [0.15, 0.2) is 12.1 Å². The normalized spacial score (nSPS) is 10.0. The number of phenols is 1. The molecule has 0 atom stereocenters. The predicted molar refractivity (Wildman–Crippen MR) is 56.9 cm³/mol. The second kappa shape index (κ2) is 4.19. The first-order valence-corrected chi connectivity index (χ1v) is 4.37. The number of nitrogens with zero attached hydrogens (tertiary/aromatic N) is 1. The molecule has 0 fully saturated rings. The Labute approximate surface area is 83.9 Å². The second-order valence-electron chi connectivity index (χ2n) is 3.25. The number of nitrogens with two attached hydrogens (primary N) is 1. The molecule has 0 aromatic heterocycles. The van der Waals surface area contributed by atoms with Crippen molar-refractivity contribution in [3.8, 4) is 11.5 Å². The molecule has 1 aromatic carbocycles. The van der Waals surface area contributed by atoms with Gasteiger partial charge >= 0.3 is 0 Å². The quantitative estimate of drug-likeness (QED) is 0.755. The third-order valence-corrected chi connectivity index (χ3v) is 2.09. The Kier molecular flexibility index (Phi) is 3.19. The van der Waals surface area contributed by atoms with Crippen LogP contribution >= 0.6 is 0 Å². The third kappa shape index (κ3) is 1.90. The number of phenolic OH excluding ortho intramolecular Hbond substituents is 1. The van der Waals surface area contributed by atoms with Gasteiger partial charge in [-0.25, -0.2) is 0 Å². The molecule has 3 N–H and O–H groups in total. The van der Waals surface area contributed by atoms with Crippen molar-refractivity contribution in [2.24, 2.45) is 5.73 Å². The highest BCUT2D eigenvalue weighted by molar-refractivity contribution is 5.59. The smallest absolute Gasteiger partial charge is 0.162 e. The van der Waals surface area contributed by atoms with Gasteiger partial charge in [0.25, 0.3) is 0 Å². The number of anilines is 1. The summed E-state index contributed by atoms with van der Waals surface area (Å²) >= 11 is 0. The molecule has 14 heavy (non-hydrogen) atoms. The zero-order valence-electron chi connectivity index (χ0n) is 8.74. The first kappa shape index (κ1) is 10.7. The maximum Gasteiger partial charge on any atom is 0.162 e. The zero-order valence-corrected chi connectivity index (χ0v) is 8.74. The molecule has 0 aliphatic heterocycles. The SMILES string of the molecule is COc1cc(N(C)C)cc(CN)c1O. The van der Waals surface area contributed by atoms with E-state index in [1.54, 1.807) is 6.07 Å². The molecule has 0 heterocycles. The van der Waals surface area contributed by atoms with Gasteiger partial charge in [-0.1, -0.05) is 0 Å². The van der Waals surface area contributed by atoms with Gasteiger partial charge in [0, 0.05) is 38.0 Å². The predicted octanol–water partition coefficient (Wildman–Crippen LogP) is 0.925. The highest BCUT2D eigenvalue weighted by Crippen LogP contribution is 2.34. The number of benzene rings is 1. The highest BCUT2D eigenvalue weighted by Gasteiger charge is 2.09. The van der Waals surface area contributed by atoms with E-state index in [4.69, 9.17) is 10.5 Å². The summed E-state index contributed by atoms with van der Waals surface area (Å²) in [5, 5.41) is 9.67. The lowest BCUT2D eigenvalue weighted by Crippen LogP contribution is -2.10. The topological polar surface area (TPSA) is 58.7 Å². The average molecular weight is 196 g/mol. The van der Waals surface area contributed by atoms with Crippen molar-refractivity contribution >= 4 is 5.69 Å². The van der Waals surface area contributed by atoms with Crippen LogP contribution in [0.5, 0.6) is 11.5 Å². The van der Waals surface area contributed by atoms with Crippen LogP contribution in [0.4, 0.5) is 5.69 Å². The molecule has 78 valence electrons. The Morgan fingerprint density at radius 2 is 2.07 bits per heavy atom. The highest BCUT2D eigenvalue weighted by atomic mass is 16.5. The van der Waals surface area contributed by atoms with E-state index in [2.05, 4.69) is 0 Å². The van der Waals surface area contributed by atoms with Gasteiger partial charge in [-0.05, 0) is 6.07 Å². The van der Waals surface area contributed by atoms with Gasteiger partial charge in [-0.3, -0.25) is 0 Å². The summed E-state index contributed by atoms with van der Waals surface area (Å²) in [6.07, 6.45) is 0. The minimum atomic E-state index is 0.126. The summed E-state index contributed by atoms with van der Waals surface area (Å²) in [5.74, 6) is 0.581. The van der Waals surface area contributed by atoms with Gasteiger partial charge < -0.3 is 20.5 Å². The Morgan fingerprint density at radius 1 is 1.43 bits per heavy atom. The Balaban J connectivity index is 3.25. The maximum atomic E-state index is 9.67. The number of ether oxygens (including phenoxy) is 1. The van der Waals surface area contributed by atoms with Crippen LogP contribution in [0.3, 0.4) is 0 Å². The lowest BCUT2D eigenvalue weighted by molar-refractivity contribution is 0.371. The van der Waals surface area contributed by atoms with Crippen molar-refractivity contribution in [3.05, 3.63) is 17.7 Å². The van der Waals surface area contributed by atoms with Crippen molar-refractivity contribution in [1.82, 2.24) is 0 Å². The van der Waals surface area contributed by atoms with Crippen LogP contribution in [0.2, 0.25) is 0 Å². The van der Waals surface area contributed by atoms with Crippen LogP contribution < -0.4 is 15.4 Å². The summed E-state index contributed by atoms with van der Waals surface area (Å²) in [6, 6.07) is 3.62. The molecule has 0 spiro atoms. The van der Waals surface area contributed by atoms with E-state index in [0.29, 0.717) is 17.9 Å². The number of hydrogen-bond acceptors (Lipinski definition) is 4. The van der Waals surface area contributed by atoms with Gasteiger partial charge in [0.05, 0.1) is 7.11 Å². The number of hydrogen-bond donors (Lipinski definition) is 2. The lowest BCUT2D eigenvalue weighted by atomic mass is 10.1. The molecule has 0 aliphatic carbocycles. The van der Waals surface area contributed by atoms with E-state index in [1.807, 2.05) is 25.1 Å².